The van der Waals surface area contributed by atoms with Crippen LogP contribution in [0.3, 0.4) is 0 Å². The number of rotatable bonds is 6. The summed E-state index contributed by atoms with van der Waals surface area (Å²) in [5.74, 6) is 0.296. The van der Waals surface area contributed by atoms with Gasteiger partial charge in [0.05, 0.1) is 0 Å². The first kappa shape index (κ1) is 17.0. The van der Waals surface area contributed by atoms with E-state index in [0.717, 1.165) is 16.9 Å². The summed E-state index contributed by atoms with van der Waals surface area (Å²) < 4.78 is 19.1. The summed E-state index contributed by atoms with van der Waals surface area (Å²) in [4.78, 5) is 11.9. The van der Waals surface area contributed by atoms with Gasteiger partial charge in [-0.25, -0.2) is 4.39 Å². The molecule has 23 heavy (non-hydrogen) atoms. The Labute approximate surface area is 136 Å². The molecule has 2 aromatic carbocycles. The van der Waals surface area contributed by atoms with E-state index in [0.29, 0.717) is 18.5 Å². The van der Waals surface area contributed by atoms with Crippen molar-refractivity contribution in [2.75, 3.05) is 13.2 Å². The number of amides is 1. The van der Waals surface area contributed by atoms with Crippen molar-refractivity contribution in [3.05, 3.63) is 64.5 Å². The van der Waals surface area contributed by atoms with Gasteiger partial charge in [-0.15, -0.1) is 0 Å². The molecule has 0 atom stereocenters. The number of aryl methyl sites for hydroxylation is 3. The van der Waals surface area contributed by atoms with Gasteiger partial charge < -0.3 is 10.1 Å². The van der Waals surface area contributed by atoms with Crippen LogP contribution in [0.1, 0.15) is 22.3 Å². The van der Waals surface area contributed by atoms with Crippen molar-refractivity contribution in [3.63, 3.8) is 0 Å². The van der Waals surface area contributed by atoms with Crippen LogP contribution < -0.4 is 10.1 Å². The molecule has 0 unspecified atom stereocenters. The molecule has 2 aromatic rings. The second kappa shape index (κ2) is 7.77. The Morgan fingerprint density at radius 1 is 1.13 bits per heavy atom. The van der Waals surface area contributed by atoms with Gasteiger partial charge in [0, 0.05) is 6.54 Å². The Bertz CT molecular complexity index is 675. The zero-order chi connectivity index (χ0) is 16.8. The zero-order valence-corrected chi connectivity index (χ0v) is 13.8. The second-order valence-electron chi connectivity index (χ2n) is 5.71. The molecule has 2 rings (SSSR count). The third-order valence-electron chi connectivity index (χ3n) is 3.63. The summed E-state index contributed by atoms with van der Waals surface area (Å²) in [6.45, 7) is 6.30. The molecule has 0 radical (unpaired) electrons. The maximum atomic E-state index is 13.5. The molecular formula is C19H22FNO2. The smallest absolute Gasteiger partial charge is 0.257 e. The zero-order valence-electron chi connectivity index (χ0n) is 13.8. The third kappa shape index (κ3) is 4.81. The predicted molar refractivity (Wildman–Crippen MR) is 89.3 cm³/mol. The highest BCUT2D eigenvalue weighted by atomic mass is 19.1. The van der Waals surface area contributed by atoms with E-state index in [1.807, 2.05) is 32.9 Å². The van der Waals surface area contributed by atoms with Crippen molar-refractivity contribution in [2.24, 2.45) is 0 Å². The fourth-order valence-corrected chi connectivity index (χ4v) is 2.62. The average Bonchev–Trinajstić information content (AvgIpc) is 2.48. The van der Waals surface area contributed by atoms with Crippen LogP contribution in [-0.2, 0) is 11.2 Å². The molecule has 0 aromatic heterocycles. The van der Waals surface area contributed by atoms with Gasteiger partial charge in [-0.1, -0.05) is 35.9 Å². The monoisotopic (exact) mass is 315 g/mol. The van der Waals surface area contributed by atoms with Crippen molar-refractivity contribution in [1.82, 2.24) is 5.32 Å². The van der Waals surface area contributed by atoms with Crippen molar-refractivity contribution < 1.29 is 13.9 Å². The van der Waals surface area contributed by atoms with Crippen LogP contribution in [0.2, 0.25) is 0 Å². The molecule has 4 heteroatoms. The second-order valence-corrected chi connectivity index (χ2v) is 5.71. The predicted octanol–water partition coefficient (Wildman–Crippen LogP) is 3.49. The van der Waals surface area contributed by atoms with Crippen LogP contribution in [0.5, 0.6) is 5.75 Å². The molecule has 1 N–H and O–H groups in total. The van der Waals surface area contributed by atoms with E-state index in [-0.39, 0.29) is 18.3 Å². The Kier molecular flexibility index (Phi) is 5.74. The van der Waals surface area contributed by atoms with Crippen LogP contribution in [0.4, 0.5) is 4.39 Å². The maximum absolute atomic E-state index is 13.5. The Balaban J connectivity index is 1.81. The van der Waals surface area contributed by atoms with Gasteiger partial charge in [-0.3, -0.25) is 4.79 Å². The van der Waals surface area contributed by atoms with E-state index in [4.69, 9.17) is 4.74 Å². The molecule has 0 spiro atoms. The number of carbonyl (C=O) groups excluding carboxylic acids is 1. The molecule has 0 saturated heterocycles. The minimum atomic E-state index is -0.246. The van der Waals surface area contributed by atoms with Crippen molar-refractivity contribution >= 4 is 5.91 Å². The Hall–Kier alpha value is -2.36. The number of halogens is 1. The quantitative estimate of drug-likeness (QED) is 0.886. The maximum Gasteiger partial charge on any atom is 0.257 e. The molecule has 1 amide bonds. The molecule has 0 saturated carbocycles. The molecule has 0 aliphatic rings. The van der Waals surface area contributed by atoms with E-state index in [9.17, 15) is 9.18 Å². The molecule has 122 valence electrons. The Morgan fingerprint density at radius 3 is 2.43 bits per heavy atom. The lowest BCUT2D eigenvalue weighted by atomic mass is 10.1. The largest absolute Gasteiger partial charge is 0.483 e. The Morgan fingerprint density at radius 2 is 1.78 bits per heavy atom. The molecule has 0 aliphatic heterocycles. The summed E-state index contributed by atoms with van der Waals surface area (Å²) in [5, 5.41) is 2.75. The SMILES string of the molecule is Cc1cc(C)c(OCC(=O)NCCc2ccccc2F)c(C)c1. The fourth-order valence-electron chi connectivity index (χ4n) is 2.62. The minimum absolute atomic E-state index is 0.0397. The van der Waals surface area contributed by atoms with Gasteiger partial charge in [0.25, 0.3) is 5.91 Å². The fraction of sp³-hybridized carbons (Fsp3) is 0.316. The number of benzene rings is 2. The van der Waals surface area contributed by atoms with Crippen LogP contribution >= 0.6 is 0 Å². The van der Waals surface area contributed by atoms with E-state index in [2.05, 4.69) is 5.32 Å². The lowest BCUT2D eigenvalue weighted by Gasteiger charge is -2.13. The highest BCUT2D eigenvalue weighted by Gasteiger charge is 2.08. The topological polar surface area (TPSA) is 38.3 Å². The third-order valence-corrected chi connectivity index (χ3v) is 3.63. The first-order valence-electron chi connectivity index (χ1n) is 7.68. The highest BCUT2D eigenvalue weighted by molar-refractivity contribution is 5.77. The summed E-state index contributed by atoms with van der Waals surface area (Å²) >= 11 is 0. The average molecular weight is 315 g/mol. The summed E-state index contributed by atoms with van der Waals surface area (Å²) in [7, 11) is 0. The van der Waals surface area contributed by atoms with Gasteiger partial charge in [0.1, 0.15) is 11.6 Å². The number of nitrogens with one attached hydrogen (secondary N) is 1. The van der Waals surface area contributed by atoms with Crippen molar-refractivity contribution in [1.29, 1.82) is 0 Å². The van der Waals surface area contributed by atoms with Gasteiger partial charge in [-0.2, -0.15) is 0 Å². The van der Waals surface area contributed by atoms with Crippen LogP contribution in [-0.4, -0.2) is 19.1 Å². The molecular weight excluding hydrogens is 293 g/mol. The van der Waals surface area contributed by atoms with Crippen LogP contribution in [0.25, 0.3) is 0 Å². The molecule has 0 aliphatic carbocycles. The minimum Gasteiger partial charge on any atom is -0.483 e. The van der Waals surface area contributed by atoms with Crippen LogP contribution in [0, 0.1) is 26.6 Å². The molecule has 0 bridgehead atoms. The molecule has 0 fully saturated rings. The lowest BCUT2D eigenvalue weighted by molar-refractivity contribution is -0.123. The van der Waals surface area contributed by atoms with Gasteiger partial charge in [0.2, 0.25) is 0 Å². The summed E-state index contributed by atoms with van der Waals surface area (Å²) in [5.41, 5.74) is 3.80. The standard InChI is InChI=1S/C19H22FNO2/c1-13-10-14(2)19(15(3)11-13)23-12-18(22)21-9-8-16-6-4-5-7-17(16)20/h4-7,10-11H,8-9,12H2,1-3H3,(H,21,22). The van der Waals surface area contributed by atoms with Gasteiger partial charge in [0.15, 0.2) is 6.61 Å². The normalized spacial score (nSPS) is 10.4. The molecule has 3 nitrogen and oxygen atoms in total. The van der Waals surface area contributed by atoms with E-state index in [1.54, 1.807) is 18.2 Å². The number of hydrogen-bond donors (Lipinski definition) is 1. The highest BCUT2D eigenvalue weighted by Crippen LogP contribution is 2.24. The number of carbonyl (C=O) groups is 1. The number of ether oxygens (including phenoxy) is 1. The first-order chi connectivity index (χ1) is 11.0. The van der Waals surface area contributed by atoms with Crippen LogP contribution in [0.15, 0.2) is 36.4 Å². The van der Waals surface area contributed by atoms with Gasteiger partial charge in [-0.05, 0) is 49.9 Å². The summed E-state index contributed by atoms with van der Waals surface area (Å²) in [6, 6.07) is 10.6. The van der Waals surface area contributed by atoms with E-state index in [1.165, 1.54) is 11.6 Å². The van der Waals surface area contributed by atoms with E-state index < -0.39 is 0 Å². The first-order valence-corrected chi connectivity index (χ1v) is 7.68. The lowest BCUT2D eigenvalue weighted by Crippen LogP contribution is -2.30. The molecule has 0 heterocycles. The van der Waals surface area contributed by atoms with Gasteiger partial charge >= 0.3 is 0 Å². The summed E-state index contributed by atoms with van der Waals surface area (Å²) in [6.07, 6.45) is 0.459. The van der Waals surface area contributed by atoms with Crippen molar-refractivity contribution in [2.45, 2.75) is 27.2 Å². The number of hydrogen-bond acceptors (Lipinski definition) is 2. The van der Waals surface area contributed by atoms with E-state index >= 15 is 0 Å². The van der Waals surface area contributed by atoms with Crippen molar-refractivity contribution in [3.8, 4) is 5.75 Å².